The van der Waals surface area contributed by atoms with Crippen LogP contribution >= 0.6 is 15.9 Å². The van der Waals surface area contributed by atoms with Gasteiger partial charge in [0.1, 0.15) is 0 Å². The maximum Gasteiger partial charge on any atom is 0.217 e. The lowest BCUT2D eigenvalue weighted by molar-refractivity contribution is -0.120. The minimum absolute atomic E-state index is 0.00648. The Hall–Kier alpha value is -0.0900. The summed E-state index contributed by atoms with van der Waals surface area (Å²) in [5.41, 5.74) is 0. The van der Waals surface area contributed by atoms with Crippen molar-refractivity contribution in [3.63, 3.8) is 0 Å². The van der Waals surface area contributed by atoms with Gasteiger partial charge in [-0.25, -0.2) is 0 Å². The first-order chi connectivity index (χ1) is 5.20. The molecule has 0 rings (SSSR count). The highest BCUT2D eigenvalue weighted by molar-refractivity contribution is 9.09. The highest BCUT2D eigenvalue weighted by Crippen LogP contribution is 1.96. The number of hydrogen-bond acceptors (Lipinski definition) is 2. The fraction of sp³-hybridized carbons (Fsp3) is 0.857. The van der Waals surface area contributed by atoms with E-state index in [1.54, 1.807) is 7.11 Å². The number of carbonyl (C=O) groups is 1. The molecule has 3 nitrogen and oxygen atoms in total. The van der Waals surface area contributed by atoms with Gasteiger partial charge >= 0.3 is 0 Å². The van der Waals surface area contributed by atoms with E-state index in [2.05, 4.69) is 21.2 Å². The number of hydrogen-bond donors (Lipinski definition) is 1. The molecule has 66 valence electrons. The summed E-state index contributed by atoms with van der Waals surface area (Å²) in [6.07, 6.45) is 0.896. The molecule has 0 aliphatic rings. The molecule has 0 heterocycles. The minimum atomic E-state index is -0.00648. The standard InChI is InChI=1S/C7H14BrNO2/c1-6(10)9-7(3-4-8)5-11-2/h7H,3-5H2,1-2H3,(H,9,10). The summed E-state index contributed by atoms with van der Waals surface area (Å²) in [7, 11) is 1.63. The zero-order chi connectivity index (χ0) is 8.69. The maximum atomic E-state index is 10.6. The Balaban J connectivity index is 3.59. The van der Waals surface area contributed by atoms with Crippen molar-refractivity contribution in [3.8, 4) is 0 Å². The Morgan fingerprint density at radius 3 is 2.73 bits per heavy atom. The van der Waals surface area contributed by atoms with E-state index >= 15 is 0 Å². The van der Waals surface area contributed by atoms with Gasteiger partial charge in [0, 0.05) is 19.4 Å². The number of ether oxygens (including phenoxy) is 1. The van der Waals surface area contributed by atoms with Crippen LogP contribution in [0.1, 0.15) is 13.3 Å². The highest BCUT2D eigenvalue weighted by Gasteiger charge is 2.07. The van der Waals surface area contributed by atoms with Gasteiger partial charge in [-0.15, -0.1) is 0 Å². The van der Waals surface area contributed by atoms with E-state index in [1.165, 1.54) is 6.92 Å². The normalized spacial score (nSPS) is 12.6. The van der Waals surface area contributed by atoms with Crippen molar-refractivity contribution in [2.24, 2.45) is 0 Å². The van der Waals surface area contributed by atoms with Gasteiger partial charge in [0.15, 0.2) is 0 Å². The van der Waals surface area contributed by atoms with E-state index < -0.39 is 0 Å². The van der Waals surface area contributed by atoms with Gasteiger partial charge in [0.2, 0.25) is 5.91 Å². The molecule has 4 heteroatoms. The first-order valence-corrected chi connectivity index (χ1v) is 4.64. The van der Waals surface area contributed by atoms with E-state index in [0.29, 0.717) is 6.61 Å². The predicted octanol–water partition coefficient (Wildman–Crippen LogP) is 0.923. The van der Waals surface area contributed by atoms with Crippen molar-refractivity contribution in [2.45, 2.75) is 19.4 Å². The number of rotatable bonds is 5. The second kappa shape index (κ2) is 6.61. The summed E-state index contributed by atoms with van der Waals surface area (Å²) in [6, 6.07) is 0.136. The molecule has 0 bridgehead atoms. The van der Waals surface area contributed by atoms with E-state index in [4.69, 9.17) is 4.74 Å². The van der Waals surface area contributed by atoms with Crippen molar-refractivity contribution in [1.29, 1.82) is 0 Å². The molecule has 0 saturated heterocycles. The number of methoxy groups -OCH3 is 1. The second-order valence-corrected chi connectivity index (χ2v) is 3.12. The average molecular weight is 224 g/mol. The lowest BCUT2D eigenvalue weighted by atomic mass is 10.2. The molecular formula is C7H14BrNO2. The van der Waals surface area contributed by atoms with Crippen LogP contribution in [0, 0.1) is 0 Å². The Bertz CT molecular complexity index is 113. The molecule has 0 saturated carbocycles. The maximum absolute atomic E-state index is 10.6. The Morgan fingerprint density at radius 2 is 2.36 bits per heavy atom. The Labute approximate surface area is 75.6 Å². The summed E-state index contributed by atoms with van der Waals surface area (Å²) >= 11 is 3.30. The third-order valence-corrected chi connectivity index (χ3v) is 1.69. The Kier molecular flexibility index (Phi) is 6.56. The fourth-order valence-corrected chi connectivity index (χ4v) is 1.37. The van der Waals surface area contributed by atoms with E-state index in [0.717, 1.165) is 11.8 Å². The molecule has 0 radical (unpaired) electrons. The van der Waals surface area contributed by atoms with Crippen molar-refractivity contribution in [1.82, 2.24) is 5.32 Å². The lowest BCUT2D eigenvalue weighted by Crippen LogP contribution is -2.36. The third-order valence-electron chi connectivity index (χ3n) is 1.23. The highest BCUT2D eigenvalue weighted by atomic mass is 79.9. The number of amides is 1. The molecule has 0 aromatic rings. The molecule has 1 amide bonds. The fourth-order valence-electron chi connectivity index (χ4n) is 0.818. The van der Waals surface area contributed by atoms with Crippen LogP contribution in [0.25, 0.3) is 0 Å². The van der Waals surface area contributed by atoms with E-state index in [-0.39, 0.29) is 11.9 Å². The lowest BCUT2D eigenvalue weighted by Gasteiger charge is -2.14. The van der Waals surface area contributed by atoms with Gasteiger partial charge < -0.3 is 10.1 Å². The topological polar surface area (TPSA) is 38.3 Å². The largest absolute Gasteiger partial charge is 0.383 e. The molecule has 1 N–H and O–H groups in total. The zero-order valence-corrected chi connectivity index (χ0v) is 8.48. The van der Waals surface area contributed by atoms with Crippen LogP contribution in [-0.2, 0) is 9.53 Å². The molecular weight excluding hydrogens is 210 g/mol. The van der Waals surface area contributed by atoms with Crippen molar-refractivity contribution in [2.75, 3.05) is 19.0 Å². The number of nitrogens with one attached hydrogen (secondary N) is 1. The SMILES string of the molecule is COCC(CCBr)NC(C)=O. The van der Waals surface area contributed by atoms with Crippen molar-refractivity contribution in [3.05, 3.63) is 0 Å². The van der Waals surface area contributed by atoms with Crippen LogP contribution in [0.5, 0.6) is 0 Å². The summed E-state index contributed by atoms with van der Waals surface area (Å²) in [5, 5.41) is 3.66. The van der Waals surface area contributed by atoms with Gasteiger partial charge in [-0.1, -0.05) is 15.9 Å². The molecule has 1 atom stereocenters. The van der Waals surface area contributed by atoms with E-state index in [9.17, 15) is 4.79 Å². The third kappa shape index (κ3) is 6.31. The van der Waals surface area contributed by atoms with Crippen LogP contribution < -0.4 is 5.32 Å². The van der Waals surface area contributed by atoms with Crippen LogP contribution in [0.2, 0.25) is 0 Å². The predicted molar refractivity (Wildman–Crippen MR) is 47.9 cm³/mol. The van der Waals surface area contributed by atoms with Gasteiger partial charge in [-0.2, -0.15) is 0 Å². The summed E-state index contributed by atoms with van der Waals surface area (Å²) in [5.74, 6) is -0.00648. The van der Waals surface area contributed by atoms with Crippen LogP contribution in [-0.4, -0.2) is 31.0 Å². The van der Waals surface area contributed by atoms with Crippen molar-refractivity contribution >= 4 is 21.8 Å². The molecule has 0 aliphatic heterocycles. The Morgan fingerprint density at radius 1 is 1.73 bits per heavy atom. The van der Waals surface area contributed by atoms with Crippen molar-refractivity contribution < 1.29 is 9.53 Å². The molecule has 1 unspecified atom stereocenters. The molecule has 11 heavy (non-hydrogen) atoms. The van der Waals surface area contributed by atoms with Crippen LogP contribution in [0.4, 0.5) is 0 Å². The smallest absolute Gasteiger partial charge is 0.217 e. The molecule has 0 aliphatic carbocycles. The van der Waals surface area contributed by atoms with Gasteiger partial charge in [0.25, 0.3) is 0 Å². The number of carbonyl (C=O) groups excluding carboxylic acids is 1. The molecule has 0 aromatic heterocycles. The zero-order valence-electron chi connectivity index (χ0n) is 6.89. The summed E-state index contributed by atoms with van der Waals surface area (Å²) < 4.78 is 4.92. The molecule has 0 aromatic carbocycles. The summed E-state index contributed by atoms with van der Waals surface area (Å²) in [6.45, 7) is 2.09. The van der Waals surface area contributed by atoms with Crippen LogP contribution in [0.15, 0.2) is 0 Å². The molecule has 0 fully saturated rings. The minimum Gasteiger partial charge on any atom is -0.383 e. The molecule has 0 spiro atoms. The van der Waals surface area contributed by atoms with Gasteiger partial charge in [0.05, 0.1) is 12.6 Å². The van der Waals surface area contributed by atoms with Gasteiger partial charge in [-0.05, 0) is 6.42 Å². The number of halogens is 1. The summed E-state index contributed by atoms with van der Waals surface area (Å²) in [4.78, 5) is 10.6. The van der Waals surface area contributed by atoms with Gasteiger partial charge in [-0.3, -0.25) is 4.79 Å². The monoisotopic (exact) mass is 223 g/mol. The second-order valence-electron chi connectivity index (χ2n) is 2.33. The first kappa shape index (κ1) is 10.9. The van der Waals surface area contributed by atoms with E-state index in [1.807, 2.05) is 0 Å². The van der Waals surface area contributed by atoms with Crippen LogP contribution in [0.3, 0.4) is 0 Å². The quantitative estimate of drug-likeness (QED) is 0.705. The average Bonchev–Trinajstić information content (AvgIpc) is 1.87. The first-order valence-electron chi connectivity index (χ1n) is 3.52. The number of alkyl halides is 1.